The van der Waals surface area contributed by atoms with Gasteiger partial charge in [-0.25, -0.2) is 9.79 Å². The highest BCUT2D eigenvalue weighted by Crippen LogP contribution is 2.33. The summed E-state index contributed by atoms with van der Waals surface area (Å²) in [6.45, 7) is 0. The van der Waals surface area contributed by atoms with Crippen LogP contribution in [-0.4, -0.2) is 40.3 Å². The first-order chi connectivity index (χ1) is 13.1. The summed E-state index contributed by atoms with van der Waals surface area (Å²) in [5.74, 6) is 1.71. The lowest BCUT2D eigenvalue weighted by Gasteiger charge is -2.11. The number of nitrogens with zero attached hydrogens (tertiary/aromatic N) is 1. The van der Waals surface area contributed by atoms with Gasteiger partial charge in [0, 0.05) is 5.56 Å². The summed E-state index contributed by atoms with van der Waals surface area (Å²) < 4.78 is 26.6. The Bertz CT molecular complexity index is 910. The lowest BCUT2D eigenvalue weighted by molar-refractivity contribution is -0.129. The molecule has 0 spiro atoms. The van der Waals surface area contributed by atoms with Gasteiger partial charge in [-0.1, -0.05) is 6.07 Å². The molecule has 2 aromatic rings. The SMILES string of the molecule is COc1ccc(OC)c(/C=C2\N=C(c3c(OC)cccc3OC)OC2=O)c1. The Morgan fingerprint density at radius 2 is 1.56 bits per heavy atom. The van der Waals surface area contributed by atoms with Crippen molar-refractivity contribution in [2.45, 2.75) is 0 Å². The van der Waals surface area contributed by atoms with E-state index in [-0.39, 0.29) is 11.6 Å². The van der Waals surface area contributed by atoms with Crippen molar-refractivity contribution in [2.24, 2.45) is 4.99 Å². The Hall–Kier alpha value is -3.48. The zero-order valence-corrected chi connectivity index (χ0v) is 15.4. The summed E-state index contributed by atoms with van der Waals surface area (Å²) in [5, 5.41) is 0. The average molecular weight is 369 g/mol. The van der Waals surface area contributed by atoms with E-state index in [1.807, 2.05) is 0 Å². The minimum Gasteiger partial charge on any atom is -0.497 e. The highest BCUT2D eigenvalue weighted by Gasteiger charge is 2.29. The molecule has 0 fully saturated rings. The number of hydrogen-bond donors (Lipinski definition) is 0. The normalized spacial score (nSPS) is 14.6. The van der Waals surface area contributed by atoms with E-state index in [1.54, 1.807) is 56.7 Å². The average Bonchev–Trinajstić information content (AvgIpc) is 3.06. The van der Waals surface area contributed by atoms with Crippen molar-refractivity contribution in [3.8, 4) is 23.0 Å². The van der Waals surface area contributed by atoms with Crippen LogP contribution < -0.4 is 18.9 Å². The molecule has 1 heterocycles. The minimum atomic E-state index is -0.581. The molecule has 7 heteroatoms. The molecule has 1 aliphatic heterocycles. The first-order valence-corrected chi connectivity index (χ1v) is 8.07. The molecule has 27 heavy (non-hydrogen) atoms. The predicted octanol–water partition coefficient (Wildman–Crippen LogP) is 3.07. The topological polar surface area (TPSA) is 75.6 Å². The zero-order chi connectivity index (χ0) is 19.4. The van der Waals surface area contributed by atoms with Crippen LogP contribution in [0.3, 0.4) is 0 Å². The van der Waals surface area contributed by atoms with Gasteiger partial charge in [0.15, 0.2) is 5.70 Å². The molecule has 3 rings (SSSR count). The van der Waals surface area contributed by atoms with Crippen molar-refractivity contribution >= 4 is 17.9 Å². The van der Waals surface area contributed by atoms with Crippen LogP contribution >= 0.6 is 0 Å². The van der Waals surface area contributed by atoms with E-state index in [4.69, 9.17) is 23.7 Å². The van der Waals surface area contributed by atoms with Gasteiger partial charge in [0.25, 0.3) is 0 Å². The second kappa shape index (κ2) is 7.82. The molecule has 0 amide bonds. The monoisotopic (exact) mass is 369 g/mol. The number of rotatable bonds is 6. The van der Waals surface area contributed by atoms with E-state index in [0.29, 0.717) is 34.1 Å². The fraction of sp³-hybridized carbons (Fsp3) is 0.200. The first-order valence-electron chi connectivity index (χ1n) is 8.07. The Labute approximate surface area is 156 Å². The van der Waals surface area contributed by atoms with Gasteiger partial charge in [0.2, 0.25) is 5.90 Å². The fourth-order valence-electron chi connectivity index (χ4n) is 2.68. The number of hydrogen-bond acceptors (Lipinski definition) is 7. The van der Waals surface area contributed by atoms with Crippen LogP contribution in [0.4, 0.5) is 0 Å². The van der Waals surface area contributed by atoms with Crippen LogP contribution in [0.1, 0.15) is 11.1 Å². The van der Waals surface area contributed by atoms with E-state index in [1.165, 1.54) is 14.2 Å². The fourth-order valence-corrected chi connectivity index (χ4v) is 2.68. The number of carbonyl (C=O) groups is 1. The maximum Gasteiger partial charge on any atom is 0.363 e. The van der Waals surface area contributed by atoms with Crippen LogP contribution in [0.15, 0.2) is 47.1 Å². The quantitative estimate of drug-likeness (QED) is 0.575. The van der Waals surface area contributed by atoms with Crippen molar-refractivity contribution in [3.05, 3.63) is 53.2 Å². The van der Waals surface area contributed by atoms with E-state index in [9.17, 15) is 4.79 Å². The van der Waals surface area contributed by atoms with Crippen LogP contribution in [0.25, 0.3) is 6.08 Å². The van der Waals surface area contributed by atoms with Gasteiger partial charge in [0.1, 0.15) is 28.6 Å². The summed E-state index contributed by atoms with van der Waals surface area (Å²) in [6, 6.07) is 10.5. The van der Waals surface area contributed by atoms with Crippen LogP contribution in [0.5, 0.6) is 23.0 Å². The van der Waals surface area contributed by atoms with Gasteiger partial charge in [0.05, 0.1) is 28.4 Å². The molecule has 2 aromatic carbocycles. The summed E-state index contributed by atoms with van der Waals surface area (Å²) in [5.41, 5.74) is 1.24. The van der Waals surface area contributed by atoms with Gasteiger partial charge >= 0.3 is 5.97 Å². The molecule has 0 saturated heterocycles. The molecule has 7 nitrogen and oxygen atoms in total. The predicted molar refractivity (Wildman–Crippen MR) is 99.7 cm³/mol. The van der Waals surface area contributed by atoms with Crippen molar-refractivity contribution in [3.63, 3.8) is 0 Å². The highest BCUT2D eigenvalue weighted by atomic mass is 16.6. The number of methoxy groups -OCH3 is 4. The van der Waals surface area contributed by atoms with E-state index < -0.39 is 5.97 Å². The number of esters is 1. The highest BCUT2D eigenvalue weighted by molar-refractivity contribution is 6.15. The number of aliphatic imine (C=N–C) groups is 1. The Kier molecular flexibility index (Phi) is 5.30. The van der Waals surface area contributed by atoms with E-state index >= 15 is 0 Å². The van der Waals surface area contributed by atoms with Crippen molar-refractivity contribution in [1.29, 1.82) is 0 Å². The van der Waals surface area contributed by atoms with Crippen LogP contribution in [-0.2, 0) is 9.53 Å². The molecular formula is C20H19NO6. The van der Waals surface area contributed by atoms with Crippen molar-refractivity contribution in [1.82, 2.24) is 0 Å². The smallest absolute Gasteiger partial charge is 0.363 e. The molecule has 0 aromatic heterocycles. The maximum absolute atomic E-state index is 12.4. The molecule has 0 N–H and O–H groups in total. The summed E-state index contributed by atoms with van der Waals surface area (Å²) in [7, 11) is 6.15. The van der Waals surface area contributed by atoms with Gasteiger partial charge in [-0.3, -0.25) is 0 Å². The third-order valence-corrected chi connectivity index (χ3v) is 3.99. The summed E-state index contributed by atoms with van der Waals surface area (Å²) in [6.07, 6.45) is 1.58. The molecule has 0 radical (unpaired) electrons. The largest absolute Gasteiger partial charge is 0.497 e. The van der Waals surface area contributed by atoms with Crippen LogP contribution in [0, 0.1) is 0 Å². The molecule has 0 bridgehead atoms. The summed E-state index contributed by atoms with van der Waals surface area (Å²) in [4.78, 5) is 16.7. The molecule has 0 aliphatic carbocycles. The van der Waals surface area contributed by atoms with Gasteiger partial charge < -0.3 is 23.7 Å². The maximum atomic E-state index is 12.4. The second-order valence-electron chi connectivity index (χ2n) is 5.48. The molecule has 0 unspecified atom stereocenters. The number of carbonyl (C=O) groups excluding carboxylic acids is 1. The van der Waals surface area contributed by atoms with Crippen LogP contribution in [0.2, 0.25) is 0 Å². The Morgan fingerprint density at radius 1 is 0.889 bits per heavy atom. The molecule has 140 valence electrons. The van der Waals surface area contributed by atoms with Crippen molar-refractivity contribution in [2.75, 3.05) is 28.4 Å². The lowest BCUT2D eigenvalue weighted by atomic mass is 10.1. The first kappa shape index (κ1) is 18.3. The number of benzene rings is 2. The molecule has 0 atom stereocenters. The van der Waals surface area contributed by atoms with Gasteiger partial charge in [-0.2, -0.15) is 0 Å². The number of cyclic esters (lactones) is 1. The Balaban J connectivity index is 2.07. The molecule has 1 aliphatic rings. The minimum absolute atomic E-state index is 0.113. The van der Waals surface area contributed by atoms with Gasteiger partial charge in [-0.05, 0) is 36.4 Å². The zero-order valence-electron chi connectivity index (χ0n) is 15.4. The standard InChI is InChI=1S/C20H19NO6/c1-23-13-8-9-15(24-2)12(10-13)11-14-20(22)27-19(21-14)18-16(25-3)6-5-7-17(18)26-4/h5-11H,1-4H3/b14-11-. The van der Waals surface area contributed by atoms with Crippen molar-refractivity contribution < 1.29 is 28.5 Å². The third kappa shape index (κ3) is 3.57. The molecular weight excluding hydrogens is 350 g/mol. The molecule has 0 saturated carbocycles. The Morgan fingerprint density at radius 3 is 2.15 bits per heavy atom. The second-order valence-corrected chi connectivity index (χ2v) is 5.48. The number of ether oxygens (including phenoxy) is 5. The lowest BCUT2D eigenvalue weighted by Crippen LogP contribution is -2.09. The van der Waals surface area contributed by atoms with E-state index in [0.717, 1.165) is 0 Å². The van der Waals surface area contributed by atoms with Gasteiger partial charge in [-0.15, -0.1) is 0 Å². The third-order valence-electron chi connectivity index (χ3n) is 3.99. The van der Waals surface area contributed by atoms with E-state index in [2.05, 4.69) is 4.99 Å². The summed E-state index contributed by atoms with van der Waals surface area (Å²) >= 11 is 0.